The predicted molar refractivity (Wildman–Crippen MR) is 67.8 cm³/mol. The van der Waals surface area contributed by atoms with Crippen LogP contribution in [-0.2, 0) is 4.74 Å². The Kier molecular flexibility index (Phi) is 4.13. The fourth-order valence-electron chi connectivity index (χ4n) is 2.20. The van der Waals surface area contributed by atoms with E-state index in [4.69, 9.17) is 10.00 Å². The highest BCUT2D eigenvalue weighted by molar-refractivity contribution is 5.53. The van der Waals surface area contributed by atoms with E-state index in [1.807, 2.05) is 0 Å². The molecule has 0 bridgehead atoms. The molecule has 1 heterocycles. The van der Waals surface area contributed by atoms with Gasteiger partial charge in [-0.15, -0.1) is 6.58 Å². The highest BCUT2D eigenvalue weighted by Gasteiger charge is 2.27. The van der Waals surface area contributed by atoms with Gasteiger partial charge in [-0.25, -0.2) is 8.78 Å². The predicted octanol–water partition coefficient (Wildman–Crippen LogP) is 2.62. The van der Waals surface area contributed by atoms with Crippen LogP contribution in [0.1, 0.15) is 12.0 Å². The molecule has 0 aliphatic carbocycles. The molecule has 0 spiro atoms. The fourth-order valence-corrected chi connectivity index (χ4v) is 2.20. The summed E-state index contributed by atoms with van der Waals surface area (Å²) in [4.78, 5) is 1.61. The second-order valence-electron chi connectivity index (χ2n) is 4.38. The molecule has 0 N–H and O–H groups in total. The van der Waals surface area contributed by atoms with E-state index in [2.05, 4.69) is 6.58 Å². The zero-order chi connectivity index (χ0) is 13.8. The zero-order valence-corrected chi connectivity index (χ0v) is 10.4. The molecular weight excluding hydrogens is 250 g/mol. The number of benzene rings is 1. The van der Waals surface area contributed by atoms with Crippen LogP contribution < -0.4 is 4.90 Å². The Morgan fingerprint density at radius 1 is 1.47 bits per heavy atom. The molecule has 1 saturated heterocycles. The van der Waals surface area contributed by atoms with Crippen LogP contribution in [0.2, 0.25) is 0 Å². The van der Waals surface area contributed by atoms with Gasteiger partial charge in [-0.05, 0) is 18.6 Å². The molecule has 0 saturated carbocycles. The molecule has 5 heteroatoms. The van der Waals surface area contributed by atoms with Gasteiger partial charge in [0.15, 0.2) is 11.6 Å². The third-order valence-corrected chi connectivity index (χ3v) is 3.06. The van der Waals surface area contributed by atoms with Crippen molar-refractivity contribution < 1.29 is 13.5 Å². The molecule has 1 aromatic rings. The maximum Gasteiger partial charge on any atom is 0.150 e. The molecule has 19 heavy (non-hydrogen) atoms. The van der Waals surface area contributed by atoms with Crippen LogP contribution in [0.4, 0.5) is 14.5 Å². The third-order valence-electron chi connectivity index (χ3n) is 3.06. The molecule has 1 unspecified atom stereocenters. The Hall–Kier alpha value is -1.93. The molecule has 1 fully saturated rings. The summed E-state index contributed by atoms with van der Waals surface area (Å²) >= 11 is 0. The summed E-state index contributed by atoms with van der Waals surface area (Å²) in [6.45, 7) is 4.95. The normalized spacial score (nSPS) is 18.4. The maximum absolute atomic E-state index is 13.8. The fraction of sp³-hybridized carbons (Fsp3) is 0.357. The molecule has 1 atom stereocenters. The van der Waals surface area contributed by atoms with Crippen molar-refractivity contribution >= 4 is 5.69 Å². The molecular formula is C14H14F2N2O. The van der Waals surface area contributed by atoms with Gasteiger partial charge in [0, 0.05) is 13.1 Å². The minimum Gasteiger partial charge on any atom is -0.372 e. The van der Waals surface area contributed by atoms with Gasteiger partial charge >= 0.3 is 0 Å². The Morgan fingerprint density at radius 2 is 2.16 bits per heavy atom. The van der Waals surface area contributed by atoms with Crippen LogP contribution in [0.25, 0.3) is 0 Å². The first-order valence-corrected chi connectivity index (χ1v) is 6.02. The van der Waals surface area contributed by atoms with E-state index in [1.165, 1.54) is 0 Å². The van der Waals surface area contributed by atoms with Gasteiger partial charge in [-0.3, -0.25) is 0 Å². The number of nitrogens with zero attached hydrogens (tertiary/aromatic N) is 2. The minimum atomic E-state index is -0.707. The van der Waals surface area contributed by atoms with Gasteiger partial charge in [0.2, 0.25) is 0 Å². The van der Waals surface area contributed by atoms with Gasteiger partial charge in [0.25, 0.3) is 0 Å². The van der Waals surface area contributed by atoms with Crippen molar-refractivity contribution in [1.82, 2.24) is 0 Å². The summed E-state index contributed by atoms with van der Waals surface area (Å²) in [5, 5.41) is 8.66. The van der Waals surface area contributed by atoms with E-state index in [0.717, 1.165) is 12.1 Å². The minimum absolute atomic E-state index is 0.0163. The first-order chi connectivity index (χ1) is 9.15. The number of ether oxygens (including phenoxy) is 1. The second kappa shape index (κ2) is 5.81. The molecule has 0 aromatic heterocycles. The van der Waals surface area contributed by atoms with Crippen molar-refractivity contribution in [3.63, 3.8) is 0 Å². The molecule has 0 amide bonds. The Balaban J connectivity index is 2.16. The highest BCUT2D eigenvalue weighted by atomic mass is 19.1. The van der Waals surface area contributed by atoms with Crippen LogP contribution in [0.15, 0.2) is 24.8 Å². The maximum atomic E-state index is 13.8. The lowest BCUT2D eigenvalue weighted by Gasteiger charge is -2.20. The number of hydrogen-bond donors (Lipinski definition) is 0. The molecule has 3 nitrogen and oxygen atoms in total. The van der Waals surface area contributed by atoms with E-state index in [0.29, 0.717) is 26.1 Å². The van der Waals surface area contributed by atoms with E-state index >= 15 is 0 Å². The quantitative estimate of drug-likeness (QED) is 0.784. The number of hydrogen-bond acceptors (Lipinski definition) is 3. The molecule has 1 aliphatic heterocycles. The highest BCUT2D eigenvalue weighted by Crippen LogP contribution is 2.28. The summed E-state index contributed by atoms with van der Waals surface area (Å²) in [6.07, 6.45) is 2.31. The van der Waals surface area contributed by atoms with Crippen molar-refractivity contribution in [2.45, 2.75) is 12.5 Å². The monoisotopic (exact) mass is 264 g/mol. The van der Waals surface area contributed by atoms with Gasteiger partial charge in [0.1, 0.15) is 5.69 Å². The van der Waals surface area contributed by atoms with Crippen LogP contribution in [0.5, 0.6) is 0 Å². The lowest BCUT2D eigenvalue weighted by Crippen LogP contribution is -2.25. The Labute approximate surface area is 110 Å². The molecule has 2 rings (SSSR count). The Bertz CT molecular complexity index is 502. The smallest absolute Gasteiger partial charge is 0.150 e. The average molecular weight is 264 g/mol. The first-order valence-electron chi connectivity index (χ1n) is 6.02. The lowest BCUT2D eigenvalue weighted by atomic mass is 10.2. The van der Waals surface area contributed by atoms with E-state index in [-0.39, 0.29) is 17.4 Å². The van der Waals surface area contributed by atoms with Crippen molar-refractivity contribution in [1.29, 1.82) is 5.26 Å². The lowest BCUT2D eigenvalue weighted by molar-refractivity contribution is 0.0908. The largest absolute Gasteiger partial charge is 0.372 e. The standard InChI is InChI=1S/C14H14F2N2O/c1-2-5-19-11-3-4-18(9-11)14-12(15)6-10(8-17)7-13(14)16/h2,6-7,11H,1,3-5,9H2. The summed E-state index contributed by atoms with van der Waals surface area (Å²) in [5.41, 5.74) is -0.0962. The molecule has 100 valence electrons. The first kappa shape index (κ1) is 13.5. The van der Waals surface area contributed by atoms with E-state index < -0.39 is 11.6 Å². The van der Waals surface area contributed by atoms with Gasteiger partial charge in [-0.1, -0.05) is 6.08 Å². The van der Waals surface area contributed by atoms with Gasteiger partial charge < -0.3 is 9.64 Å². The summed E-state index contributed by atoms with van der Waals surface area (Å²) in [6, 6.07) is 3.83. The number of anilines is 1. The molecule has 0 radical (unpaired) electrons. The van der Waals surface area contributed by atoms with Crippen LogP contribution in [0, 0.1) is 23.0 Å². The van der Waals surface area contributed by atoms with Crippen molar-refractivity contribution in [3.05, 3.63) is 42.0 Å². The topological polar surface area (TPSA) is 36.3 Å². The van der Waals surface area contributed by atoms with Crippen LogP contribution in [0.3, 0.4) is 0 Å². The average Bonchev–Trinajstić information content (AvgIpc) is 2.84. The van der Waals surface area contributed by atoms with E-state index in [1.54, 1.807) is 17.0 Å². The number of halogens is 2. The second-order valence-corrected chi connectivity index (χ2v) is 4.38. The van der Waals surface area contributed by atoms with Crippen molar-refractivity contribution in [2.24, 2.45) is 0 Å². The third kappa shape index (κ3) is 2.91. The molecule has 1 aromatic carbocycles. The summed E-state index contributed by atoms with van der Waals surface area (Å²) in [5.74, 6) is -1.41. The van der Waals surface area contributed by atoms with Crippen molar-refractivity contribution in [3.8, 4) is 6.07 Å². The van der Waals surface area contributed by atoms with Crippen molar-refractivity contribution in [2.75, 3.05) is 24.6 Å². The van der Waals surface area contributed by atoms with Gasteiger partial charge in [0.05, 0.1) is 24.3 Å². The van der Waals surface area contributed by atoms with E-state index in [9.17, 15) is 8.78 Å². The van der Waals surface area contributed by atoms with Gasteiger partial charge in [-0.2, -0.15) is 5.26 Å². The Morgan fingerprint density at radius 3 is 2.74 bits per heavy atom. The van der Waals surface area contributed by atoms with Crippen LogP contribution in [-0.4, -0.2) is 25.8 Å². The molecule has 1 aliphatic rings. The summed E-state index contributed by atoms with van der Waals surface area (Å²) < 4.78 is 33.1. The zero-order valence-electron chi connectivity index (χ0n) is 10.4. The van der Waals surface area contributed by atoms with Crippen LogP contribution >= 0.6 is 0 Å². The number of rotatable bonds is 4. The number of nitriles is 1. The summed E-state index contributed by atoms with van der Waals surface area (Å²) in [7, 11) is 0. The SMILES string of the molecule is C=CCOC1CCN(c2c(F)cc(C#N)cc2F)C1.